The molecule has 1 aliphatic rings. The fourth-order valence-electron chi connectivity index (χ4n) is 1.93. The number of amides is 1. The van der Waals surface area contributed by atoms with Crippen LogP contribution in [0.4, 0.5) is 4.79 Å². The molecule has 76 valence electrons. The van der Waals surface area contributed by atoms with Crippen LogP contribution in [-0.2, 0) is 4.74 Å². The minimum absolute atomic E-state index is 0.0618. The average molecular weight is 185 g/mol. The van der Waals surface area contributed by atoms with Crippen LogP contribution in [0.2, 0.25) is 0 Å². The Morgan fingerprint density at radius 1 is 1.46 bits per heavy atom. The maximum absolute atomic E-state index is 11.5. The Morgan fingerprint density at radius 2 is 2.00 bits per heavy atom. The van der Waals surface area contributed by atoms with Gasteiger partial charge in [0.1, 0.15) is 6.10 Å². The van der Waals surface area contributed by atoms with Crippen molar-refractivity contribution in [2.24, 2.45) is 0 Å². The molecule has 0 spiro atoms. The van der Waals surface area contributed by atoms with Crippen LogP contribution >= 0.6 is 0 Å². The predicted molar refractivity (Wildman–Crippen MR) is 51.6 cm³/mol. The third kappa shape index (κ3) is 1.79. The molecule has 3 nitrogen and oxygen atoms in total. The Bertz CT molecular complexity index is 207. The molecule has 0 aromatic carbocycles. The first kappa shape index (κ1) is 10.4. The van der Waals surface area contributed by atoms with Gasteiger partial charge in [-0.05, 0) is 34.1 Å². The van der Waals surface area contributed by atoms with Crippen LogP contribution in [0.3, 0.4) is 0 Å². The summed E-state index contributed by atoms with van der Waals surface area (Å²) in [6.07, 6.45) is 0.776. The molecule has 2 atom stereocenters. The van der Waals surface area contributed by atoms with Gasteiger partial charge in [-0.1, -0.05) is 6.92 Å². The van der Waals surface area contributed by atoms with E-state index in [1.807, 2.05) is 39.5 Å². The van der Waals surface area contributed by atoms with E-state index >= 15 is 0 Å². The molecule has 0 aromatic heterocycles. The summed E-state index contributed by atoms with van der Waals surface area (Å²) in [6.45, 7) is 10.2. The molecule has 1 saturated heterocycles. The van der Waals surface area contributed by atoms with E-state index < -0.39 is 0 Å². The third-order valence-electron chi connectivity index (χ3n) is 2.52. The van der Waals surface area contributed by atoms with Gasteiger partial charge in [0.25, 0.3) is 0 Å². The van der Waals surface area contributed by atoms with E-state index in [0.717, 1.165) is 6.42 Å². The van der Waals surface area contributed by atoms with Crippen LogP contribution in [0, 0.1) is 0 Å². The highest BCUT2D eigenvalue weighted by Crippen LogP contribution is 2.28. The zero-order valence-electron chi connectivity index (χ0n) is 9.13. The van der Waals surface area contributed by atoms with E-state index in [9.17, 15) is 4.79 Å². The lowest BCUT2D eigenvalue weighted by Gasteiger charge is -2.33. The second-order valence-electron chi connectivity index (χ2n) is 4.61. The Balaban J connectivity index is 2.82. The summed E-state index contributed by atoms with van der Waals surface area (Å²) in [5.41, 5.74) is -0.138. The summed E-state index contributed by atoms with van der Waals surface area (Å²) in [5, 5.41) is 0. The maximum atomic E-state index is 11.5. The molecular weight excluding hydrogens is 166 g/mol. The van der Waals surface area contributed by atoms with Gasteiger partial charge < -0.3 is 4.74 Å². The van der Waals surface area contributed by atoms with Gasteiger partial charge in [-0.25, -0.2) is 4.79 Å². The van der Waals surface area contributed by atoms with Gasteiger partial charge in [-0.2, -0.15) is 0 Å². The highest BCUT2D eigenvalue weighted by atomic mass is 16.6. The van der Waals surface area contributed by atoms with E-state index in [-0.39, 0.29) is 23.8 Å². The number of carbonyl (C=O) groups excluding carboxylic acids is 1. The van der Waals surface area contributed by atoms with Crippen molar-refractivity contribution < 1.29 is 9.53 Å². The summed E-state index contributed by atoms with van der Waals surface area (Å²) in [6, 6.07) is 0.192. The lowest BCUT2D eigenvalue weighted by molar-refractivity contribution is 0.118. The molecule has 0 bridgehead atoms. The first-order chi connectivity index (χ1) is 5.88. The number of hydrogen-bond donors (Lipinski definition) is 0. The summed E-state index contributed by atoms with van der Waals surface area (Å²) in [7, 11) is 0. The molecule has 3 heteroatoms. The van der Waals surface area contributed by atoms with Gasteiger partial charge in [-0.15, -0.1) is 0 Å². The lowest BCUT2D eigenvalue weighted by Crippen LogP contribution is -2.47. The lowest BCUT2D eigenvalue weighted by atomic mass is 10.0. The molecule has 1 amide bonds. The summed E-state index contributed by atoms with van der Waals surface area (Å²) in [4.78, 5) is 13.3. The summed E-state index contributed by atoms with van der Waals surface area (Å²) >= 11 is 0. The van der Waals surface area contributed by atoms with E-state index in [2.05, 4.69) is 0 Å². The number of carbonyl (C=O) groups is 1. The number of ether oxygens (including phenoxy) is 1. The van der Waals surface area contributed by atoms with Gasteiger partial charge >= 0.3 is 6.09 Å². The van der Waals surface area contributed by atoms with E-state index in [0.29, 0.717) is 0 Å². The highest BCUT2D eigenvalue weighted by Gasteiger charge is 2.43. The monoisotopic (exact) mass is 185 g/mol. The zero-order valence-corrected chi connectivity index (χ0v) is 9.13. The fraction of sp³-hybridized carbons (Fsp3) is 0.900. The van der Waals surface area contributed by atoms with Gasteiger partial charge in [0.2, 0.25) is 0 Å². The van der Waals surface area contributed by atoms with Crippen LogP contribution in [0.25, 0.3) is 0 Å². The van der Waals surface area contributed by atoms with E-state index in [4.69, 9.17) is 4.74 Å². The topological polar surface area (TPSA) is 29.5 Å². The molecule has 13 heavy (non-hydrogen) atoms. The van der Waals surface area contributed by atoms with Crippen molar-refractivity contribution in [1.82, 2.24) is 4.90 Å². The van der Waals surface area contributed by atoms with Crippen molar-refractivity contribution in [3.05, 3.63) is 0 Å². The van der Waals surface area contributed by atoms with Crippen molar-refractivity contribution >= 4 is 6.09 Å². The summed E-state index contributed by atoms with van der Waals surface area (Å²) < 4.78 is 5.25. The minimum atomic E-state index is -0.174. The second-order valence-corrected chi connectivity index (χ2v) is 4.61. The fourth-order valence-corrected chi connectivity index (χ4v) is 1.93. The molecule has 1 rings (SSSR count). The molecule has 0 aromatic rings. The van der Waals surface area contributed by atoms with Crippen molar-refractivity contribution in [3.63, 3.8) is 0 Å². The average Bonchev–Trinajstić information content (AvgIpc) is 2.24. The Hall–Kier alpha value is -0.730. The maximum Gasteiger partial charge on any atom is 0.410 e. The minimum Gasteiger partial charge on any atom is -0.444 e. The van der Waals surface area contributed by atoms with Gasteiger partial charge in [0.05, 0.1) is 6.04 Å². The van der Waals surface area contributed by atoms with Crippen molar-refractivity contribution in [2.75, 3.05) is 0 Å². The predicted octanol–water partition coefficient (Wildman–Crippen LogP) is 2.40. The number of cyclic esters (lactones) is 1. The molecule has 1 aliphatic heterocycles. The standard InChI is InChI=1S/C10H19NO2/c1-6-8-7(2)11(9(12)13-8)10(3,4)5/h7-8H,6H2,1-5H3/t7-,8-/m0/s1. The normalized spacial score (nSPS) is 29.3. The summed E-state index contributed by atoms with van der Waals surface area (Å²) in [5.74, 6) is 0. The van der Waals surface area contributed by atoms with Crippen molar-refractivity contribution in [3.8, 4) is 0 Å². The van der Waals surface area contributed by atoms with E-state index in [1.165, 1.54) is 0 Å². The molecule has 0 unspecified atom stereocenters. The van der Waals surface area contributed by atoms with Crippen LogP contribution < -0.4 is 0 Å². The first-order valence-corrected chi connectivity index (χ1v) is 4.88. The largest absolute Gasteiger partial charge is 0.444 e. The van der Waals surface area contributed by atoms with Crippen LogP contribution in [0.1, 0.15) is 41.0 Å². The molecular formula is C10H19NO2. The number of nitrogens with zero attached hydrogens (tertiary/aromatic N) is 1. The Kier molecular flexibility index (Phi) is 2.55. The molecule has 1 fully saturated rings. The second kappa shape index (κ2) is 3.20. The molecule has 0 N–H and O–H groups in total. The smallest absolute Gasteiger partial charge is 0.410 e. The van der Waals surface area contributed by atoms with Crippen LogP contribution in [-0.4, -0.2) is 28.7 Å². The number of rotatable bonds is 1. The SMILES string of the molecule is CC[C@@H]1OC(=O)N(C(C)(C)C)[C@H]1C. The number of hydrogen-bond acceptors (Lipinski definition) is 2. The van der Waals surface area contributed by atoms with Gasteiger partial charge in [-0.3, -0.25) is 4.90 Å². The van der Waals surface area contributed by atoms with Crippen molar-refractivity contribution in [1.29, 1.82) is 0 Å². The molecule has 1 heterocycles. The quantitative estimate of drug-likeness (QED) is 0.627. The third-order valence-corrected chi connectivity index (χ3v) is 2.52. The van der Waals surface area contributed by atoms with Gasteiger partial charge in [0, 0.05) is 5.54 Å². The van der Waals surface area contributed by atoms with Crippen LogP contribution in [0.15, 0.2) is 0 Å². The van der Waals surface area contributed by atoms with E-state index in [1.54, 1.807) is 0 Å². The molecule has 0 aliphatic carbocycles. The molecule has 0 radical (unpaired) electrons. The first-order valence-electron chi connectivity index (χ1n) is 4.88. The van der Waals surface area contributed by atoms with Gasteiger partial charge in [0.15, 0.2) is 0 Å². The Morgan fingerprint density at radius 3 is 2.23 bits per heavy atom. The zero-order chi connectivity index (χ0) is 10.2. The van der Waals surface area contributed by atoms with Crippen molar-refractivity contribution in [2.45, 2.75) is 58.7 Å². The highest BCUT2D eigenvalue weighted by molar-refractivity contribution is 5.71. The molecule has 0 saturated carbocycles. The van der Waals surface area contributed by atoms with Crippen LogP contribution in [0.5, 0.6) is 0 Å². The Labute approximate surface area is 80.1 Å².